The van der Waals surface area contributed by atoms with Gasteiger partial charge in [0.25, 0.3) is 0 Å². The predicted molar refractivity (Wildman–Crippen MR) is 103 cm³/mol. The zero-order chi connectivity index (χ0) is 19.3. The summed E-state index contributed by atoms with van der Waals surface area (Å²) in [5.41, 5.74) is 2.27. The number of anilines is 1. The van der Waals surface area contributed by atoms with Crippen LogP contribution in [-0.4, -0.2) is 38.7 Å². The third-order valence-corrected chi connectivity index (χ3v) is 5.64. The average molecular weight is 395 g/mol. The van der Waals surface area contributed by atoms with Gasteiger partial charge >= 0.3 is 5.97 Å². The number of hydrogen-bond donors (Lipinski definition) is 1. The molecule has 0 aliphatic heterocycles. The zero-order valence-electron chi connectivity index (χ0n) is 15.5. The molecule has 1 atom stereocenters. The van der Waals surface area contributed by atoms with Crippen molar-refractivity contribution in [1.82, 2.24) is 15.0 Å². The smallest absolute Gasteiger partial charge is 0.350 e. The molecule has 0 saturated carbocycles. The number of hydrogen-bond acceptors (Lipinski definition) is 8. The number of thioether (sulfide) groups is 1. The molecule has 2 rings (SSSR count). The van der Waals surface area contributed by atoms with Gasteiger partial charge in [-0.15, -0.1) is 0 Å². The van der Waals surface area contributed by atoms with Crippen LogP contribution in [0.5, 0.6) is 0 Å². The van der Waals surface area contributed by atoms with Crippen molar-refractivity contribution < 1.29 is 14.3 Å². The second kappa shape index (κ2) is 9.09. The van der Waals surface area contributed by atoms with Crippen LogP contribution >= 0.6 is 23.1 Å². The predicted octanol–water partition coefficient (Wildman–Crippen LogP) is 3.54. The van der Waals surface area contributed by atoms with Gasteiger partial charge in [0.1, 0.15) is 4.88 Å². The van der Waals surface area contributed by atoms with Crippen LogP contribution in [0.15, 0.2) is 11.2 Å². The number of carbonyl (C=O) groups is 2. The summed E-state index contributed by atoms with van der Waals surface area (Å²) in [4.78, 5) is 37.9. The lowest BCUT2D eigenvalue weighted by atomic mass is 10.3. The number of amides is 1. The van der Waals surface area contributed by atoms with Gasteiger partial charge in [0.15, 0.2) is 10.3 Å². The minimum Gasteiger partial charge on any atom is -0.462 e. The Morgan fingerprint density at radius 3 is 2.42 bits per heavy atom. The molecule has 2 aromatic rings. The molecule has 7 nitrogen and oxygen atoms in total. The average Bonchev–Trinajstić information content (AvgIpc) is 2.92. The number of aryl methyl sites for hydroxylation is 3. The van der Waals surface area contributed by atoms with Crippen molar-refractivity contribution >= 4 is 40.1 Å². The van der Waals surface area contributed by atoms with Crippen LogP contribution in [0.4, 0.5) is 5.13 Å². The van der Waals surface area contributed by atoms with Crippen molar-refractivity contribution in [2.45, 2.75) is 51.4 Å². The Balaban J connectivity index is 2.09. The first-order valence-corrected chi connectivity index (χ1v) is 9.98. The third kappa shape index (κ3) is 5.25. The van der Waals surface area contributed by atoms with Crippen molar-refractivity contribution in [2.75, 3.05) is 11.9 Å². The fourth-order valence-corrected chi connectivity index (χ4v) is 4.06. The van der Waals surface area contributed by atoms with Crippen molar-refractivity contribution in [2.24, 2.45) is 0 Å². The van der Waals surface area contributed by atoms with Gasteiger partial charge in [-0.3, -0.25) is 4.79 Å². The number of aromatic nitrogens is 3. The molecule has 0 radical (unpaired) electrons. The molecule has 0 saturated heterocycles. The first-order valence-electron chi connectivity index (χ1n) is 8.28. The van der Waals surface area contributed by atoms with E-state index in [4.69, 9.17) is 4.74 Å². The molecule has 0 bridgehead atoms. The van der Waals surface area contributed by atoms with E-state index in [0.29, 0.717) is 33.9 Å². The number of nitrogens with zero attached hydrogens (tertiary/aromatic N) is 3. The van der Waals surface area contributed by atoms with Gasteiger partial charge in [-0.25, -0.2) is 19.7 Å². The fraction of sp³-hybridized carbons (Fsp3) is 0.471. The monoisotopic (exact) mass is 394 g/mol. The van der Waals surface area contributed by atoms with Gasteiger partial charge in [-0.05, 0) is 40.2 Å². The Morgan fingerprint density at radius 1 is 1.19 bits per heavy atom. The minimum absolute atomic E-state index is 0.190. The van der Waals surface area contributed by atoms with E-state index >= 15 is 0 Å². The first kappa shape index (κ1) is 20.3. The maximum absolute atomic E-state index is 12.6. The van der Waals surface area contributed by atoms with Crippen LogP contribution in [0, 0.1) is 20.8 Å². The van der Waals surface area contributed by atoms with E-state index in [2.05, 4.69) is 20.3 Å². The highest BCUT2D eigenvalue weighted by Crippen LogP contribution is 2.27. The van der Waals surface area contributed by atoms with Gasteiger partial charge in [-0.2, -0.15) is 0 Å². The lowest BCUT2D eigenvalue weighted by molar-refractivity contribution is -0.115. The molecule has 0 aliphatic carbocycles. The number of esters is 1. The van der Waals surface area contributed by atoms with Crippen LogP contribution in [0.3, 0.4) is 0 Å². The van der Waals surface area contributed by atoms with Gasteiger partial charge in [0.05, 0.1) is 17.6 Å². The standard InChI is InChI=1S/C17H22N4O3S2/c1-6-12(25-16-18-9(3)8-10(4)19-16)14(22)21-17-20-11(5)13(26-17)15(23)24-7-2/h8,12H,6-7H2,1-5H3,(H,20,21,22)/t12-/m1/s1. The molecule has 0 spiro atoms. The zero-order valence-corrected chi connectivity index (χ0v) is 17.1. The van der Waals surface area contributed by atoms with Gasteiger partial charge in [0.2, 0.25) is 5.91 Å². The molecule has 2 aromatic heterocycles. The molecule has 26 heavy (non-hydrogen) atoms. The fourth-order valence-electron chi connectivity index (χ4n) is 2.22. The lowest BCUT2D eigenvalue weighted by Crippen LogP contribution is -2.24. The summed E-state index contributed by atoms with van der Waals surface area (Å²) < 4.78 is 5.00. The van der Waals surface area contributed by atoms with Gasteiger partial charge in [-0.1, -0.05) is 30.0 Å². The molecule has 0 fully saturated rings. The summed E-state index contributed by atoms with van der Waals surface area (Å²) >= 11 is 2.44. The highest BCUT2D eigenvalue weighted by molar-refractivity contribution is 8.00. The number of nitrogens with one attached hydrogen (secondary N) is 1. The molecule has 1 amide bonds. The Hall–Kier alpha value is -2.00. The van der Waals surface area contributed by atoms with E-state index in [1.807, 2.05) is 26.8 Å². The van der Waals surface area contributed by atoms with E-state index in [1.165, 1.54) is 11.8 Å². The summed E-state index contributed by atoms with van der Waals surface area (Å²) in [6.45, 7) is 9.48. The largest absolute Gasteiger partial charge is 0.462 e. The highest BCUT2D eigenvalue weighted by atomic mass is 32.2. The minimum atomic E-state index is -0.423. The molecule has 0 aliphatic rings. The van der Waals surface area contributed by atoms with Crippen LogP contribution < -0.4 is 5.32 Å². The highest BCUT2D eigenvalue weighted by Gasteiger charge is 2.23. The second-order valence-electron chi connectivity index (χ2n) is 5.59. The van der Waals surface area contributed by atoms with Crippen LogP contribution in [-0.2, 0) is 9.53 Å². The summed E-state index contributed by atoms with van der Waals surface area (Å²) in [6.07, 6.45) is 0.613. The van der Waals surface area contributed by atoms with Crippen molar-refractivity contribution in [3.05, 3.63) is 28.0 Å². The topological polar surface area (TPSA) is 94.1 Å². The van der Waals surface area contributed by atoms with Crippen LogP contribution in [0.25, 0.3) is 0 Å². The first-order chi connectivity index (χ1) is 12.3. The Bertz CT molecular complexity index is 787. The number of rotatable bonds is 7. The van der Waals surface area contributed by atoms with Crippen molar-refractivity contribution in [3.8, 4) is 0 Å². The number of ether oxygens (including phenoxy) is 1. The van der Waals surface area contributed by atoms with Gasteiger partial charge < -0.3 is 10.1 Å². The van der Waals surface area contributed by atoms with E-state index in [9.17, 15) is 9.59 Å². The maximum Gasteiger partial charge on any atom is 0.350 e. The van der Waals surface area contributed by atoms with E-state index in [1.54, 1.807) is 13.8 Å². The molecule has 0 unspecified atom stereocenters. The molecule has 9 heteroatoms. The number of carbonyl (C=O) groups excluding carboxylic acids is 2. The molecule has 140 valence electrons. The molecular weight excluding hydrogens is 372 g/mol. The maximum atomic E-state index is 12.6. The Morgan fingerprint density at radius 2 is 1.85 bits per heavy atom. The summed E-state index contributed by atoms with van der Waals surface area (Å²) in [5, 5.41) is 3.39. The molecule has 1 N–H and O–H groups in total. The second-order valence-corrected chi connectivity index (χ2v) is 7.76. The van der Waals surface area contributed by atoms with E-state index < -0.39 is 5.97 Å². The normalized spacial score (nSPS) is 11.9. The Kier molecular flexibility index (Phi) is 7.10. The summed E-state index contributed by atoms with van der Waals surface area (Å²) in [5.74, 6) is -0.613. The third-order valence-electron chi connectivity index (χ3n) is 3.36. The quantitative estimate of drug-likeness (QED) is 0.436. The van der Waals surface area contributed by atoms with E-state index in [0.717, 1.165) is 22.7 Å². The summed E-state index contributed by atoms with van der Waals surface area (Å²) in [7, 11) is 0. The van der Waals surface area contributed by atoms with E-state index in [-0.39, 0.29) is 11.2 Å². The van der Waals surface area contributed by atoms with Gasteiger partial charge in [0, 0.05) is 11.4 Å². The van der Waals surface area contributed by atoms with Crippen molar-refractivity contribution in [3.63, 3.8) is 0 Å². The summed E-state index contributed by atoms with van der Waals surface area (Å²) in [6, 6.07) is 1.89. The number of thiazole rings is 1. The van der Waals surface area contributed by atoms with Crippen LogP contribution in [0.2, 0.25) is 0 Å². The molecule has 2 heterocycles. The Labute approximate surface area is 161 Å². The lowest BCUT2D eigenvalue weighted by Gasteiger charge is -2.13. The SMILES string of the molecule is CCOC(=O)c1sc(NC(=O)[C@@H](CC)Sc2nc(C)cc(C)n2)nc1C. The molecule has 0 aromatic carbocycles. The molecular formula is C17H22N4O3S2. The van der Waals surface area contributed by atoms with Crippen molar-refractivity contribution in [1.29, 1.82) is 0 Å². The van der Waals surface area contributed by atoms with Crippen LogP contribution in [0.1, 0.15) is 47.0 Å².